The molecule has 2 aromatic rings. The van der Waals surface area contributed by atoms with Crippen molar-refractivity contribution in [3.63, 3.8) is 0 Å². The van der Waals surface area contributed by atoms with E-state index < -0.39 is 0 Å². The number of halogens is 2. The molecular formula is C20H23F2N3O. The Morgan fingerprint density at radius 2 is 1.46 bits per heavy atom. The monoisotopic (exact) mass is 359 g/mol. The molecule has 0 unspecified atom stereocenters. The molecule has 0 aromatic heterocycles. The van der Waals surface area contributed by atoms with Crippen LogP contribution in [0.3, 0.4) is 0 Å². The summed E-state index contributed by atoms with van der Waals surface area (Å²) in [5.41, 5.74) is 1.91. The van der Waals surface area contributed by atoms with Crippen molar-refractivity contribution in [3.8, 4) is 0 Å². The lowest BCUT2D eigenvalue weighted by molar-refractivity contribution is -0.131. The predicted molar refractivity (Wildman–Crippen MR) is 97.9 cm³/mol. The normalized spacial score (nSPS) is 15.1. The van der Waals surface area contributed by atoms with E-state index in [9.17, 15) is 13.6 Å². The fraction of sp³-hybridized carbons (Fsp3) is 0.350. The molecule has 26 heavy (non-hydrogen) atoms. The number of carbonyl (C=O) groups is 1. The Morgan fingerprint density at radius 3 is 2.04 bits per heavy atom. The van der Waals surface area contributed by atoms with Crippen LogP contribution in [0.1, 0.15) is 5.56 Å². The van der Waals surface area contributed by atoms with Gasteiger partial charge in [-0.05, 0) is 42.0 Å². The maximum atomic E-state index is 13.0. The second-order valence-corrected chi connectivity index (χ2v) is 6.62. The van der Waals surface area contributed by atoms with Crippen molar-refractivity contribution in [2.45, 2.75) is 6.54 Å². The first-order valence-corrected chi connectivity index (χ1v) is 8.72. The lowest BCUT2D eigenvalue weighted by Gasteiger charge is -2.36. The van der Waals surface area contributed by atoms with Gasteiger partial charge in [0.2, 0.25) is 5.91 Å². The standard InChI is InChI=1S/C20H23F2N3O/c1-23(14-16-2-4-17(21)5-3-16)20(26)15-24-10-12-25(13-11-24)19-8-6-18(22)7-9-19/h2-9H,10-15H2,1H3. The van der Waals surface area contributed by atoms with Crippen molar-refractivity contribution in [1.82, 2.24) is 9.80 Å². The molecule has 0 aliphatic carbocycles. The van der Waals surface area contributed by atoms with Crippen LogP contribution in [0.5, 0.6) is 0 Å². The molecule has 0 atom stereocenters. The van der Waals surface area contributed by atoms with E-state index in [1.807, 2.05) is 0 Å². The Morgan fingerprint density at radius 1 is 0.923 bits per heavy atom. The molecule has 1 fully saturated rings. The van der Waals surface area contributed by atoms with Crippen LogP contribution in [0.25, 0.3) is 0 Å². The van der Waals surface area contributed by atoms with Gasteiger partial charge in [0.1, 0.15) is 11.6 Å². The van der Waals surface area contributed by atoms with Gasteiger partial charge in [0.15, 0.2) is 0 Å². The van der Waals surface area contributed by atoms with Crippen molar-refractivity contribution in [2.24, 2.45) is 0 Å². The highest BCUT2D eigenvalue weighted by molar-refractivity contribution is 5.78. The third kappa shape index (κ3) is 4.79. The minimum atomic E-state index is -0.276. The predicted octanol–water partition coefficient (Wildman–Crippen LogP) is 2.75. The summed E-state index contributed by atoms with van der Waals surface area (Å²) in [6, 6.07) is 12.7. The molecule has 138 valence electrons. The van der Waals surface area contributed by atoms with Crippen LogP contribution < -0.4 is 4.90 Å². The van der Waals surface area contributed by atoms with Gasteiger partial charge in [0, 0.05) is 45.5 Å². The van der Waals surface area contributed by atoms with E-state index in [1.165, 1.54) is 24.3 Å². The van der Waals surface area contributed by atoms with Crippen LogP contribution in [0.15, 0.2) is 48.5 Å². The average molecular weight is 359 g/mol. The van der Waals surface area contributed by atoms with Crippen LogP contribution in [0.4, 0.5) is 14.5 Å². The Hall–Kier alpha value is -2.47. The molecule has 6 heteroatoms. The van der Waals surface area contributed by atoms with Gasteiger partial charge in [-0.2, -0.15) is 0 Å². The fourth-order valence-electron chi connectivity index (χ4n) is 3.08. The summed E-state index contributed by atoms with van der Waals surface area (Å²) >= 11 is 0. The summed E-state index contributed by atoms with van der Waals surface area (Å²) in [6.07, 6.45) is 0. The van der Waals surface area contributed by atoms with Gasteiger partial charge < -0.3 is 9.80 Å². The zero-order chi connectivity index (χ0) is 18.5. The molecular weight excluding hydrogens is 336 g/mol. The number of rotatable bonds is 5. The van der Waals surface area contributed by atoms with Crippen molar-refractivity contribution >= 4 is 11.6 Å². The smallest absolute Gasteiger partial charge is 0.236 e. The van der Waals surface area contributed by atoms with Crippen LogP contribution in [-0.4, -0.2) is 55.5 Å². The third-order valence-corrected chi connectivity index (χ3v) is 4.68. The molecule has 1 amide bonds. The molecule has 4 nitrogen and oxygen atoms in total. The largest absolute Gasteiger partial charge is 0.369 e. The van der Waals surface area contributed by atoms with E-state index in [1.54, 1.807) is 36.2 Å². The van der Waals surface area contributed by atoms with Crippen molar-refractivity contribution in [2.75, 3.05) is 44.7 Å². The second kappa shape index (κ2) is 8.27. The maximum absolute atomic E-state index is 13.0. The first-order valence-electron chi connectivity index (χ1n) is 8.72. The highest BCUT2D eigenvalue weighted by Crippen LogP contribution is 2.17. The molecule has 1 aliphatic heterocycles. The van der Waals surface area contributed by atoms with E-state index in [-0.39, 0.29) is 17.5 Å². The summed E-state index contributed by atoms with van der Waals surface area (Å²) in [4.78, 5) is 18.4. The van der Waals surface area contributed by atoms with Crippen LogP contribution in [0, 0.1) is 11.6 Å². The summed E-state index contributed by atoms with van der Waals surface area (Å²) < 4.78 is 26.0. The zero-order valence-corrected chi connectivity index (χ0v) is 14.9. The van der Waals surface area contributed by atoms with E-state index in [0.717, 1.165) is 37.4 Å². The van der Waals surface area contributed by atoms with Gasteiger partial charge in [-0.25, -0.2) is 8.78 Å². The number of hydrogen-bond donors (Lipinski definition) is 0. The quantitative estimate of drug-likeness (QED) is 0.821. The van der Waals surface area contributed by atoms with Crippen LogP contribution in [0.2, 0.25) is 0 Å². The SMILES string of the molecule is CN(Cc1ccc(F)cc1)C(=O)CN1CCN(c2ccc(F)cc2)CC1. The second-order valence-electron chi connectivity index (χ2n) is 6.62. The zero-order valence-electron chi connectivity index (χ0n) is 14.9. The van der Waals surface area contributed by atoms with E-state index in [2.05, 4.69) is 9.80 Å². The molecule has 0 spiro atoms. The molecule has 2 aromatic carbocycles. The number of hydrogen-bond acceptors (Lipinski definition) is 3. The Kier molecular flexibility index (Phi) is 5.83. The topological polar surface area (TPSA) is 26.8 Å². The Labute approximate surface area is 152 Å². The minimum absolute atomic E-state index is 0.0459. The Balaban J connectivity index is 1.46. The van der Waals surface area contributed by atoms with Gasteiger partial charge >= 0.3 is 0 Å². The number of piperazine rings is 1. The number of likely N-dealkylation sites (N-methyl/N-ethyl adjacent to an activating group) is 1. The first-order chi connectivity index (χ1) is 12.5. The van der Waals surface area contributed by atoms with Gasteiger partial charge in [0.25, 0.3) is 0 Å². The number of nitrogens with zero attached hydrogens (tertiary/aromatic N) is 3. The van der Waals surface area contributed by atoms with Gasteiger partial charge in [-0.15, -0.1) is 0 Å². The maximum Gasteiger partial charge on any atom is 0.236 e. The number of amides is 1. The molecule has 1 heterocycles. The minimum Gasteiger partial charge on any atom is -0.369 e. The van der Waals surface area contributed by atoms with Crippen molar-refractivity contribution in [1.29, 1.82) is 0 Å². The fourth-order valence-corrected chi connectivity index (χ4v) is 3.08. The Bertz CT molecular complexity index is 726. The molecule has 0 bridgehead atoms. The molecule has 0 saturated carbocycles. The van der Waals surface area contributed by atoms with E-state index >= 15 is 0 Å². The number of anilines is 1. The first kappa shape index (κ1) is 18.3. The van der Waals surface area contributed by atoms with Crippen LogP contribution >= 0.6 is 0 Å². The molecule has 3 rings (SSSR count). The number of carbonyl (C=O) groups excluding carboxylic acids is 1. The van der Waals surface area contributed by atoms with Crippen molar-refractivity contribution in [3.05, 3.63) is 65.7 Å². The van der Waals surface area contributed by atoms with Gasteiger partial charge in [-0.3, -0.25) is 9.69 Å². The van der Waals surface area contributed by atoms with Crippen molar-refractivity contribution < 1.29 is 13.6 Å². The summed E-state index contributed by atoms with van der Waals surface area (Å²) in [6.45, 7) is 4.02. The highest BCUT2D eigenvalue weighted by Gasteiger charge is 2.20. The third-order valence-electron chi connectivity index (χ3n) is 4.68. The summed E-state index contributed by atoms with van der Waals surface area (Å²) in [5.74, 6) is -0.464. The highest BCUT2D eigenvalue weighted by atomic mass is 19.1. The number of benzene rings is 2. The average Bonchev–Trinajstić information content (AvgIpc) is 2.65. The molecule has 1 saturated heterocycles. The van der Waals surface area contributed by atoms with Gasteiger partial charge in [-0.1, -0.05) is 12.1 Å². The van der Waals surface area contributed by atoms with E-state index in [4.69, 9.17) is 0 Å². The van der Waals surface area contributed by atoms with Crippen LogP contribution in [-0.2, 0) is 11.3 Å². The molecule has 1 aliphatic rings. The van der Waals surface area contributed by atoms with Gasteiger partial charge in [0.05, 0.1) is 6.54 Å². The van der Waals surface area contributed by atoms with E-state index in [0.29, 0.717) is 13.1 Å². The molecule has 0 radical (unpaired) electrons. The molecule has 0 N–H and O–H groups in total. The lowest BCUT2D eigenvalue weighted by atomic mass is 10.2. The summed E-state index contributed by atoms with van der Waals surface area (Å²) in [7, 11) is 1.76. The summed E-state index contributed by atoms with van der Waals surface area (Å²) in [5, 5.41) is 0. The lowest BCUT2D eigenvalue weighted by Crippen LogP contribution is -2.49.